The van der Waals surface area contributed by atoms with Gasteiger partial charge in [-0.3, -0.25) is 0 Å². The van der Waals surface area contributed by atoms with Crippen LogP contribution in [0.2, 0.25) is 0 Å². The zero-order chi connectivity index (χ0) is 15.2. The molecule has 2 aromatic rings. The predicted molar refractivity (Wildman–Crippen MR) is 93.2 cm³/mol. The average molecular weight is 415 g/mol. The van der Waals surface area contributed by atoms with E-state index in [1.165, 1.54) is 17.7 Å². The maximum absolute atomic E-state index is 13.2. The van der Waals surface area contributed by atoms with E-state index < -0.39 is 0 Å². The zero-order valence-electron chi connectivity index (χ0n) is 11.9. The number of nitrogens with one attached hydrogen (secondary N) is 1. The van der Waals surface area contributed by atoms with Gasteiger partial charge in [-0.15, -0.1) is 0 Å². The summed E-state index contributed by atoms with van der Waals surface area (Å²) in [5.74, 6) is 0.150. The van der Waals surface area contributed by atoms with Crippen LogP contribution in [0.25, 0.3) is 0 Å². The van der Waals surface area contributed by atoms with Gasteiger partial charge in [-0.05, 0) is 48.4 Å². The molecule has 0 spiro atoms. The van der Waals surface area contributed by atoms with Gasteiger partial charge in [0.25, 0.3) is 0 Å². The van der Waals surface area contributed by atoms with E-state index in [1.807, 2.05) is 6.07 Å². The van der Waals surface area contributed by atoms with E-state index in [0.717, 1.165) is 34.0 Å². The van der Waals surface area contributed by atoms with Crippen molar-refractivity contribution in [1.29, 1.82) is 0 Å². The zero-order valence-corrected chi connectivity index (χ0v) is 15.0. The highest BCUT2D eigenvalue weighted by atomic mass is 79.9. The van der Waals surface area contributed by atoms with Crippen molar-refractivity contribution in [2.75, 3.05) is 13.1 Å². The predicted octanol–water partition coefficient (Wildman–Crippen LogP) is 5.29. The Morgan fingerprint density at radius 1 is 1.10 bits per heavy atom. The molecule has 0 aliphatic rings. The van der Waals surface area contributed by atoms with Crippen LogP contribution in [0.4, 0.5) is 4.39 Å². The summed E-state index contributed by atoms with van der Waals surface area (Å²) in [6.07, 6.45) is 0.871. The van der Waals surface area contributed by atoms with Crippen molar-refractivity contribution >= 4 is 31.9 Å². The van der Waals surface area contributed by atoms with Crippen LogP contribution in [0.5, 0.6) is 0 Å². The van der Waals surface area contributed by atoms with Crippen molar-refractivity contribution in [1.82, 2.24) is 5.32 Å². The molecular formula is C17H18Br2FN. The van der Waals surface area contributed by atoms with Crippen LogP contribution in [0.15, 0.2) is 51.4 Å². The Hall–Kier alpha value is -0.710. The van der Waals surface area contributed by atoms with Crippen molar-refractivity contribution < 1.29 is 4.39 Å². The second-order valence-corrected chi connectivity index (χ2v) is 6.77. The summed E-state index contributed by atoms with van der Waals surface area (Å²) < 4.78 is 15.1. The Morgan fingerprint density at radius 2 is 1.81 bits per heavy atom. The second kappa shape index (κ2) is 8.06. The van der Waals surface area contributed by atoms with E-state index >= 15 is 0 Å². The lowest BCUT2D eigenvalue weighted by Gasteiger charge is -2.19. The highest BCUT2D eigenvalue weighted by Crippen LogP contribution is 2.27. The van der Waals surface area contributed by atoms with Crippen LogP contribution in [0.3, 0.4) is 0 Å². The number of hydrogen-bond acceptors (Lipinski definition) is 1. The molecule has 21 heavy (non-hydrogen) atoms. The molecule has 0 radical (unpaired) electrons. The molecule has 0 fully saturated rings. The third-order valence-corrected chi connectivity index (χ3v) is 4.73. The lowest BCUT2D eigenvalue weighted by Crippen LogP contribution is -2.22. The lowest BCUT2D eigenvalue weighted by molar-refractivity contribution is 0.591. The molecule has 112 valence electrons. The van der Waals surface area contributed by atoms with E-state index in [1.54, 1.807) is 0 Å². The number of halogens is 3. The van der Waals surface area contributed by atoms with E-state index in [4.69, 9.17) is 0 Å². The summed E-state index contributed by atoms with van der Waals surface area (Å²) in [6.45, 7) is 3.95. The Balaban J connectivity index is 2.21. The minimum absolute atomic E-state index is 0.211. The molecular weight excluding hydrogens is 397 g/mol. The highest BCUT2D eigenvalue weighted by molar-refractivity contribution is 9.10. The fourth-order valence-corrected chi connectivity index (χ4v) is 3.09. The van der Waals surface area contributed by atoms with Gasteiger partial charge in [0, 0.05) is 21.4 Å². The van der Waals surface area contributed by atoms with Crippen LogP contribution in [0, 0.1) is 5.82 Å². The van der Waals surface area contributed by atoms with Gasteiger partial charge in [0.05, 0.1) is 0 Å². The number of likely N-dealkylation sites (N-methyl/N-ethyl adjacent to an activating group) is 1. The normalized spacial score (nSPS) is 12.4. The SMILES string of the molecule is CCNCC(Cc1ccc(F)cc1Br)c1ccc(Br)cc1. The smallest absolute Gasteiger partial charge is 0.124 e. The van der Waals surface area contributed by atoms with Gasteiger partial charge in [-0.25, -0.2) is 4.39 Å². The molecule has 2 rings (SSSR count). The molecule has 0 saturated heterocycles. The third kappa shape index (κ3) is 4.90. The summed E-state index contributed by atoms with van der Waals surface area (Å²) in [4.78, 5) is 0. The number of hydrogen-bond donors (Lipinski definition) is 1. The fraction of sp³-hybridized carbons (Fsp3) is 0.294. The topological polar surface area (TPSA) is 12.0 Å². The van der Waals surface area contributed by atoms with E-state index in [9.17, 15) is 4.39 Å². The standard InChI is InChI=1S/C17H18Br2FN/c1-2-21-11-14(12-3-6-15(18)7-4-12)9-13-5-8-16(20)10-17(13)19/h3-8,10,14,21H,2,9,11H2,1H3. The minimum Gasteiger partial charge on any atom is -0.316 e. The Morgan fingerprint density at radius 3 is 2.43 bits per heavy atom. The van der Waals surface area contributed by atoms with E-state index in [0.29, 0.717) is 5.92 Å². The second-order valence-electron chi connectivity index (χ2n) is 5.00. The fourth-order valence-electron chi connectivity index (χ4n) is 2.31. The molecule has 1 unspecified atom stereocenters. The van der Waals surface area contributed by atoms with Crippen molar-refractivity contribution in [3.05, 3.63) is 68.4 Å². The molecule has 0 aliphatic heterocycles. The van der Waals surface area contributed by atoms with Gasteiger partial charge in [0.15, 0.2) is 0 Å². The summed E-state index contributed by atoms with van der Waals surface area (Å²) in [5.41, 5.74) is 2.41. The Kier molecular flexibility index (Phi) is 6.40. The van der Waals surface area contributed by atoms with Crippen molar-refractivity contribution in [3.8, 4) is 0 Å². The first-order valence-corrected chi connectivity index (χ1v) is 8.59. The van der Waals surface area contributed by atoms with Crippen LogP contribution in [0.1, 0.15) is 24.0 Å². The first-order chi connectivity index (χ1) is 10.1. The quantitative estimate of drug-likeness (QED) is 0.677. The number of rotatable bonds is 6. The van der Waals surface area contributed by atoms with Crippen molar-refractivity contribution in [2.24, 2.45) is 0 Å². The summed E-state index contributed by atoms with van der Waals surface area (Å²) in [5, 5.41) is 3.41. The molecule has 2 aromatic carbocycles. The van der Waals surface area contributed by atoms with Gasteiger partial charge in [0.2, 0.25) is 0 Å². The molecule has 0 saturated carbocycles. The monoisotopic (exact) mass is 413 g/mol. The summed E-state index contributed by atoms with van der Waals surface area (Å²) in [7, 11) is 0. The maximum atomic E-state index is 13.2. The van der Waals surface area contributed by atoms with E-state index in [-0.39, 0.29) is 5.82 Å². The molecule has 4 heteroatoms. The van der Waals surface area contributed by atoms with Crippen molar-refractivity contribution in [2.45, 2.75) is 19.3 Å². The molecule has 0 heterocycles. The summed E-state index contributed by atoms with van der Waals surface area (Å²) >= 11 is 6.93. The van der Waals surface area contributed by atoms with Gasteiger partial charge in [0.1, 0.15) is 5.82 Å². The molecule has 1 N–H and O–H groups in total. The molecule has 0 aromatic heterocycles. The highest BCUT2D eigenvalue weighted by Gasteiger charge is 2.14. The Labute approximate surface area is 142 Å². The minimum atomic E-state index is -0.211. The van der Waals surface area contributed by atoms with Gasteiger partial charge >= 0.3 is 0 Å². The molecule has 0 amide bonds. The largest absolute Gasteiger partial charge is 0.316 e. The van der Waals surface area contributed by atoms with E-state index in [2.05, 4.69) is 68.4 Å². The van der Waals surface area contributed by atoms with Crippen molar-refractivity contribution in [3.63, 3.8) is 0 Å². The molecule has 1 nitrogen and oxygen atoms in total. The van der Waals surface area contributed by atoms with Crippen LogP contribution >= 0.6 is 31.9 Å². The first-order valence-electron chi connectivity index (χ1n) is 7.00. The van der Waals surface area contributed by atoms with Gasteiger partial charge in [-0.1, -0.05) is 57.0 Å². The molecule has 1 atom stereocenters. The third-order valence-electron chi connectivity index (χ3n) is 3.46. The van der Waals surface area contributed by atoms with Gasteiger partial charge in [-0.2, -0.15) is 0 Å². The average Bonchev–Trinajstić information content (AvgIpc) is 2.46. The molecule has 0 bridgehead atoms. The number of benzene rings is 2. The first kappa shape index (κ1) is 16.7. The Bertz CT molecular complexity index is 584. The van der Waals surface area contributed by atoms with Crippen LogP contribution in [-0.2, 0) is 6.42 Å². The lowest BCUT2D eigenvalue weighted by atomic mass is 9.92. The maximum Gasteiger partial charge on any atom is 0.124 e. The summed E-state index contributed by atoms with van der Waals surface area (Å²) in [6, 6.07) is 13.3. The van der Waals surface area contributed by atoms with Gasteiger partial charge < -0.3 is 5.32 Å². The van der Waals surface area contributed by atoms with Crippen LogP contribution in [-0.4, -0.2) is 13.1 Å². The van der Waals surface area contributed by atoms with Crippen LogP contribution < -0.4 is 5.32 Å². The molecule has 0 aliphatic carbocycles.